The Hall–Kier alpha value is -3.57. The number of benzene rings is 3. The molecule has 1 unspecified atom stereocenters. The third-order valence-electron chi connectivity index (χ3n) is 6.47. The molecule has 0 radical (unpaired) electrons. The second kappa shape index (κ2) is 13.4. The zero-order valence-corrected chi connectivity index (χ0v) is 26.1. The van der Waals surface area contributed by atoms with E-state index in [4.69, 9.17) is 11.6 Å². The molecule has 0 heterocycles. The highest BCUT2D eigenvalue weighted by Crippen LogP contribution is 2.38. The lowest BCUT2D eigenvalue weighted by atomic mass is 10.0. The van der Waals surface area contributed by atoms with Crippen LogP contribution in [0, 0.1) is 6.92 Å². The number of amides is 2. The van der Waals surface area contributed by atoms with Gasteiger partial charge in [0.25, 0.3) is 10.0 Å². The normalized spacial score (nSPS) is 12.9. The van der Waals surface area contributed by atoms with Gasteiger partial charge in [-0.1, -0.05) is 66.6 Å². The second-order valence-corrected chi connectivity index (χ2v) is 13.4. The number of alkyl halides is 3. The molecule has 43 heavy (non-hydrogen) atoms. The SMILES string of the molecule is CCC(C(=O)NC(C)(C)C)N(Cc1cccc(C)c1)C(=O)CN(c1ccc(Cl)c(C(F)(F)F)c1)S(=O)(=O)c1ccccc1. The van der Waals surface area contributed by atoms with Gasteiger partial charge >= 0.3 is 6.18 Å². The third-order valence-corrected chi connectivity index (χ3v) is 8.59. The molecular formula is C31H35ClF3N3O4S. The summed E-state index contributed by atoms with van der Waals surface area (Å²) in [6.07, 6.45) is -4.68. The van der Waals surface area contributed by atoms with Crippen LogP contribution in [0.5, 0.6) is 0 Å². The molecule has 2 amide bonds. The van der Waals surface area contributed by atoms with E-state index in [9.17, 15) is 31.2 Å². The number of hydrogen-bond acceptors (Lipinski definition) is 4. The molecule has 0 saturated carbocycles. The Kier molecular flexibility index (Phi) is 10.6. The first-order chi connectivity index (χ1) is 19.9. The van der Waals surface area contributed by atoms with Crippen molar-refractivity contribution in [3.63, 3.8) is 0 Å². The number of rotatable bonds is 10. The van der Waals surface area contributed by atoms with Crippen LogP contribution in [-0.2, 0) is 32.3 Å². The Balaban J connectivity index is 2.15. The number of carbonyl (C=O) groups is 2. The summed E-state index contributed by atoms with van der Waals surface area (Å²) in [5.41, 5.74) is -0.677. The van der Waals surface area contributed by atoms with Crippen LogP contribution in [0.3, 0.4) is 0 Å². The van der Waals surface area contributed by atoms with Gasteiger partial charge in [-0.05, 0) is 70.0 Å². The molecule has 232 valence electrons. The number of aryl methyl sites for hydroxylation is 1. The Morgan fingerprint density at radius 3 is 2.16 bits per heavy atom. The van der Waals surface area contributed by atoms with E-state index in [0.717, 1.165) is 17.7 Å². The summed E-state index contributed by atoms with van der Waals surface area (Å²) in [4.78, 5) is 28.5. The smallest absolute Gasteiger partial charge is 0.350 e. The van der Waals surface area contributed by atoms with Gasteiger partial charge in [0, 0.05) is 12.1 Å². The Morgan fingerprint density at radius 2 is 1.60 bits per heavy atom. The summed E-state index contributed by atoms with van der Waals surface area (Å²) in [6.45, 7) is 8.04. The van der Waals surface area contributed by atoms with Gasteiger partial charge in [0.15, 0.2) is 0 Å². The van der Waals surface area contributed by atoms with Crippen molar-refractivity contribution in [2.45, 2.75) is 70.2 Å². The first kappa shape index (κ1) is 33.9. The second-order valence-electron chi connectivity index (χ2n) is 11.2. The molecule has 0 spiro atoms. The molecule has 0 aliphatic rings. The largest absolute Gasteiger partial charge is 0.417 e. The molecule has 12 heteroatoms. The van der Waals surface area contributed by atoms with E-state index < -0.39 is 62.4 Å². The summed E-state index contributed by atoms with van der Waals surface area (Å²) in [7, 11) is -4.54. The summed E-state index contributed by atoms with van der Waals surface area (Å²) in [5, 5.41) is 2.25. The lowest BCUT2D eigenvalue weighted by Crippen LogP contribution is -2.55. The highest BCUT2D eigenvalue weighted by molar-refractivity contribution is 7.92. The van der Waals surface area contributed by atoms with Gasteiger partial charge in [-0.25, -0.2) is 8.42 Å². The lowest BCUT2D eigenvalue weighted by Gasteiger charge is -2.35. The fourth-order valence-electron chi connectivity index (χ4n) is 4.51. The number of carbonyl (C=O) groups excluding carboxylic acids is 2. The quantitative estimate of drug-likeness (QED) is 0.272. The van der Waals surface area contributed by atoms with Crippen molar-refractivity contribution in [2.75, 3.05) is 10.8 Å². The van der Waals surface area contributed by atoms with Gasteiger partial charge in [0.05, 0.1) is 21.2 Å². The van der Waals surface area contributed by atoms with Crippen molar-refractivity contribution < 1.29 is 31.2 Å². The lowest BCUT2D eigenvalue weighted by molar-refractivity contribution is -0.141. The fraction of sp³-hybridized carbons (Fsp3) is 0.355. The van der Waals surface area contributed by atoms with Gasteiger partial charge in [0.2, 0.25) is 11.8 Å². The summed E-state index contributed by atoms with van der Waals surface area (Å²) in [5.74, 6) is -1.22. The maximum atomic E-state index is 14.1. The minimum atomic E-state index is -4.88. The van der Waals surface area contributed by atoms with Crippen molar-refractivity contribution in [3.05, 3.63) is 94.5 Å². The topological polar surface area (TPSA) is 86.8 Å². The van der Waals surface area contributed by atoms with Gasteiger partial charge < -0.3 is 10.2 Å². The van der Waals surface area contributed by atoms with Gasteiger partial charge in [-0.15, -0.1) is 0 Å². The average Bonchev–Trinajstić information content (AvgIpc) is 2.90. The molecule has 0 fully saturated rings. The number of nitrogens with zero attached hydrogens (tertiary/aromatic N) is 2. The molecule has 0 saturated heterocycles. The summed E-state index contributed by atoms with van der Waals surface area (Å²) in [6, 6.07) is 16.0. The van der Waals surface area contributed by atoms with Gasteiger partial charge in [-0.3, -0.25) is 13.9 Å². The summed E-state index contributed by atoms with van der Waals surface area (Å²) < 4.78 is 69.7. The van der Waals surface area contributed by atoms with Crippen LogP contribution in [0.2, 0.25) is 5.02 Å². The summed E-state index contributed by atoms with van der Waals surface area (Å²) >= 11 is 5.82. The van der Waals surface area contributed by atoms with Crippen molar-refractivity contribution >= 4 is 39.1 Å². The molecule has 1 N–H and O–H groups in total. The number of hydrogen-bond donors (Lipinski definition) is 1. The van der Waals surface area contributed by atoms with Crippen LogP contribution in [0.15, 0.2) is 77.7 Å². The first-order valence-corrected chi connectivity index (χ1v) is 15.4. The van der Waals surface area contributed by atoms with Crippen LogP contribution in [-0.4, -0.2) is 43.3 Å². The predicted octanol–water partition coefficient (Wildman–Crippen LogP) is 6.58. The van der Waals surface area contributed by atoms with E-state index in [2.05, 4.69) is 5.32 Å². The number of halogens is 4. The van der Waals surface area contributed by atoms with Crippen LogP contribution in [0.4, 0.5) is 18.9 Å². The molecule has 3 aromatic rings. The molecule has 0 aliphatic carbocycles. The van der Waals surface area contributed by atoms with Crippen molar-refractivity contribution in [2.24, 2.45) is 0 Å². The zero-order valence-electron chi connectivity index (χ0n) is 24.6. The van der Waals surface area contributed by atoms with Crippen molar-refractivity contribution in [3.8, 4) is 0 Å². The maximum absolute atomic E-state index is 14.1. The molecule has 0 aliphatic heterocycles. The standard InChI is InChI=1S/C31H35ClF3N3O4S/c1-6-27(29(40)36-30(3,4)5)37(19-22-12-10-11-21(2)17-22)28(39)20-38(43(41,42)24-13-8-7-9-14-24)23-15-16-26(32)25(18-23)31(33,34)35/h7-18,27H,6,19-20H2,1-5H3,(H,36,40). The molecule has 3 rings (SSSR count). The highest BCUT2D eigenvalue weighted by Gasteiger charge is 2.37. The molecule has 0 bridgehead atoms. The van der Waals surface area contributed by atoms with E-state index in [-0.39, 0.29) is 17.9 Å². The molecule has 7 nitrogen and oxygen atoms in total. The van der Waals surface area contributed by atoms with Crippen LogP contribution < -0.4 is 9.62 Å². The van der Waals surface area contributed by atoms with E-state index in [1.165, 1.54) is 29.2 Å². The Morgan fingerprint density at radius 1 is 0.953 bits per heavy atom. The number of sulfonamides is 1. The zero-order chi connectivity index (χ0) is 32.2. The highest BCUT2D eigenvalue weighted by atomic mass is 35.5. The number of nitrogens with one attached hydrogen (secondary N) is 1. The Bertz CT molecular complexity index is 1560. The minimum absolute atomic E-state index is 0.0375. The number of anilines is 1. The third kappa shape index (κ3) is 8.73. The predicted molar refractivity (Wildman–Crippen MR) is 161 cm³/mol. The first-order valence-electron chi connectivity index (χ1n) is 13.6. The Labute approximate surface area is 255 Å². The van der Waals surface area contributed by atoms with E-state index >= 15 is 0 Å². The fourth-order valence-corrected chi connectivity index (χ4v) is 6.17. The van der Waals surface area contributed by atoms with Gasteiger partial charge in [0.1, 0.15) is 12.6 Å². The van der Waals surface area contributed by atoms with E-state index in [1.807, 2.05) is 19.1 Å². The molecule has 1 atom stereocenters. The van der Waals surface area contributed by atoms with Crippen molar-refractivity contribution in [1.82, 2.24) is 10.2 Å². The molecular weight excluding hydrogens is 603 g/mol. The minimum Gasteiger partial charge on any atom is -0.350 e. The van der Waals surface area contributed by atoms with E-state index in [0.29, 0.717) is 15.9 Å². The van der Waals surface area contributed by atoms with Gasteiger partial charge in [-0.2, -0.15) is 13.2 Å². The van der Waals surface area contributed by atoms with E-state index in [1.54, 1.807) is 45.9 Å². The van der Waals surface area contributed by atoms with Crippen molar-refractivity contribution in [1.29, 1.82) is 0 Å². The molecule has 3 aromatic carbocycles. The molecule has 0 aromatic heterocycles. The monoisotopic (exact) mass is 637 g/mol. The van der Waals surface area contributed by atoms with Crippen LogP contribution in [0.1, 0.15) is 50.8 Å². The maximum Gasteiger partial charge on any atom is 0.417 e. The van der Waals surface area contributed by atoms with Crippen LogP contribution >= 0.6 is 11.6 Å². The average molecular weight is 638 g/mol. The van der Waals surface area contributed by atoms with Crippen LogP contribution in [0.25, 0.3) is 0 Å².